The van der Waals surface area contributed by atoms with Crippen LogP contribution in [0.4, 0.5) is 5.69 Å². The quantitative estimate of drug-likeness (QED) is 0.594. The number of ether oxygens (including phenoxy) is 1. The van der Waals surface area contributed by atoms with Crippen LogP contribution in [-0.4, -0.2) is 11.9 Å². The molecule has 0 saturated carbocycles. The smallest absolute Gasteiger partial charge is 0.310 e. The van der Waals surface area contributed by atoms with Crippen molar-refractivity contribution in [1.29, 1.82) is 0 Å². The average Bonchev–Trinajstić information content (AvgIpc) is 3.00. The summed E-state index contributed by atoms with van der Waals surface area (Å²) in [7, 11) is 0. The molecule has 0 spiro atoms. The molecule has 132 valence electrons. The second-order valence-electron chi connectivity index (χ2n) is 5.87. The van der Waals surface area contributed by atoms with Gasteiger partial charge in [-0.25, -0.2) is 4.90 Å². The van der Waals surface area contributed by atoms with Gasteiger partial charge in [0.2, 0.25) is 0 Å². The molecule has 3 aromatic carbocycles. The number of halogens is 1. The fraction of sp³-hybridized carbons (Fsp3) is 0. The lowest BCUT2D eigenvalue weighted by molar-refractivity contribution is -0.113. The van der Waals surface area contributed by atoms with E-state index in [0.29, 0.717) is 22.2 Å². The highest BCUT2D eigenvalue weighted by Gasteiger charge is 2.33. The van der Waals surface area contributed by atoms with Crippen molar-refractivity contribution in [2.24, 2.45) is 4.99 Å². The molecule has 3 aromatic rings. The molecule has 27 heavy (non-hydrogen) atoms. The van der Waals surface area contributed by atoms with Gasteiger partial charge in [0.15, 0.2) is 0 Å². The van der Waals surface area contributed by atoms with Gasteiger partial charge in [-0.05, 0) is 48.0 Å². The average molecular weight is 375 g/mol. The van der Waals surface area contributed by atoms with E-state index >= 15 is 0 Å². The van der Waals surface area contributed by atoms with Gasteiger partial charge in [-0.1, -0.05) is 60.1 Å². The Labute approximate surface area is 162 Å². The molecule has 0 bridgehead atoms. The van der Waals surface area contributed by atoms with Crippen LogP contribution in [-0.2, 0) is 4.79 Å². The number of carbonyl (C=O) groups is 1. The first-order chi connectivity index (χ1) is 13.2. The fourth-order valence-corrected chi connectivity index (χ4v) is 2.81. The van der Waals surface area contributed by atoms with Crippen molar-refractivity contribution in [3.63, 3.8) is 0 Å². The van der Waals surface area contributed by atoms with Gasteiger partial charge in [-0.2, -0.15) is 4.99 Å². The van der Waals surface area contributed by atoms with Crippen molar-refractivity contribution in [2.45, 2.75) is 0 Å². The van der Waals surface area contributed by atoms with Crippen LogP contribution in [0.15, 0.2) is 95.6 Å². The summed E-state index contributed by atoms with van der Waals surface area (Å²) >= 11 is 5.93. The number of para-hydroxylation sites is 1. The summed E-state index contributed by atoms with van der Waals surface area (Å²) in [5.74, 6) is 0.307. The maximum atomic E-state index is 13.0. The minimum atomic E-state index is -0.242. The summed E-state index contributed by atoms with van der Waals surface area (Å²) < 4.78 is 5.89. The van der Waals surface area contributed by atoms with E-state index in [1.54, 1.807) is 30.3 Å². The molecule has 0 saturated heterocycles. The predicted octanol–water partition coefficient (Wildman–Crippen LogP) is 5.16. The summed E-state index contributed by atoms with van der Waals surface area (Å²) in [5, 5.41) is 0.608. The first-order valence-corrected chi connectivity index (χ1v) is 8.77. The predicted molar refractivity (Wildman–Crippen MR) is 108 cm³/mol. The number of carbonyl (C=O) groups excluding carboxylic acids is 1. The second-order valence-corrected chi connectivity index (χ2v) is 6.30. The van der Waals surface area contributed by atoms with Gasteiger partial charge in [0.25, 0.3) is 5.91 Å². The molecular weight excluding hydrogens is 360 g/mol. The van der Waals surface area contributed by atoms with Crippen molar-refractivity contribution in [2.75, 3.05) is 4.90 Å². The normalized spacial score (nSPS) is 15.1. The van der Waals surface area contributed by atoms with Crippen molar-refractivity contribution < 1.29 is 9.53 Å². The Bertz CT molecular complexity index is 1010. The molecule has 0 N–H and O–H groups in total. The van der Waals surface area contributed by atoms with Crippen LogP contribution in [0.5, 0.6) is 5.75 Å². The lowest BCUT2D eigenvalue weighted by Gasteiger charge is -2.17. The minimum Gasteiger partial charge on any atom is -0.425 e. The Kier molecular flexibility index (Phi) is 4.73. The maximum Gasteiger partial charge on any atom is 0.310 e. The van der Waals surface area contributed by atoms with E-state index < -0.39 is 0 Å². The standard InChI is InChI=1S/C22H15ClN2O2/c23-17-11-13-19(14-12-17)27-22-24-20(15-16-7-3-1-4-8-16)21(26)25(22)18-9-5-2-6-10-18/h1-15H/b20-15-. The topological polar surface area (TPSA) is 41.9 Å². The number of aliphatic imine (C=N–C) groups is 1. The summed E-state index contributed by atoms with van der Waals surface area (Å²) in [6.07, 6.45) is 1.75. The third-order valence-corrected chi connectivity index (χ3v) is 4.22. The van der Waals surface area contributed by atoms with Gasteiger partial charge in [-0.3, -0.25) is 4.79 Å². The van der Waals surface area contributed by atoms with Crippen LogP contribution in [0.1, 0.15) is 5.56 Å². The highest BCUT2D eigenvalue weighted by Crippen LogP contribution is 2.27. The second kappa shape index (κ2) is 7.48. The number of hydrogen-bond donors (Lipinski definition) is 0. The van der Waals surface area contributed by atoms with Crippen LogP contribution in [0.25, 0.3) is 6.08 Å². The molecular formula is C22H15ClN2O2. The molecule has 1 heterocycles. The first-order valence-electron chi connectivity index (χ1n) is 8.39. The van der Waals surface area contributed by atoms with Crippen LogP contribution in [0.3, 0.4) is 0 Å². The first kappa shape index (κ1) is 17.1. The zero-order valence-corrected chi connectivity index (χ0v) is 15.0. The van der Waals surface area contributed by atoms with Gasteiger partial charge in [-0.15, -0.1) is 0 Å². The van der Waals surface area contributed by atoms with E-state index in [1.807, 2.05) is 60.7 Å². The minimum absolute atomic E-state index is 0.204. The summed E-state index contributed by atoms with van der Waals surface area (Å²) in [4.78, 5) is 18.9. The third kappa shape index (κ3) is 3.76. The summed E-state index contributed by atoms with van der Waals surface area (Å²) in [6, 6.07) is 26.0. The van der Waals surface area contributed by atoms with Crippen LogP contribution in [0.2, 0.25) is 5.02 Å². The Morgan fingerprint density at radius 2 is 1.48 bits per heavy atom. The number of nitrogens with zero attached hydrogens (tertiary/aromatic N) is 2. The van der Waals surface area contributed by atoms with Crippen LogP contribution >= 0.6 is 11.6 Å². The molecule has 0 unspecified atom stereocenters. The van der Waals surface area contributed by atoms with E-state index in [2.05, 4.69) is 4.99 Å². The van der Waals surface area contributed by atoms with E-state index in [9.17, 15) is 4.79 Å². The summed E-state index contributed by atoms with van der Waals surface area (Å²) in [5.41, 5.74) is 1.89. The molecule has 0 radical (unpaired) electrons. The Balaban J connectivity index is 1.73. The van der Waals surface area contributed by atoms with Crippen LogP contribution < -0.4 is 9.64 Å². The highest BCUT2D eigenvalue weighted by atomic mass is 35.5. The van der Waals surface area contributed by atoms with Crippen molar-refractivity contribution in [1.82, 2.24) is 0 Å². The Morgan fingerprint density at radius 3 is 2.15 bits per heavy atom. The molecule has 5 heteroatoms. The largest absolute Gasteiger partial charge is 0.425 e. The summed E-state index contributed by atoms with van der Waals surface area (Å²) in [6.45, 7) is 0. The highest BCUT2D eigenvalue weighted by molar-refractivity contribution is 6.30. The number of amides is 1. The van der Waals surface area contributed by atoms with E-state index in [1.165, 1.54) is 4.90 Å². The van der Waals surface area contributed by atoms with E-state index in [-0.39, 0.29) is 11.9 Å². The van der Waals surface area contributed by atoms with Gasteiger partial charge in [0.05, 0.1) is 5.69 Å². The Hall–Kier alpha value is -3.37. The lowest BCUT2D eigenvalue weighted by Crippen LogP contribution is -2.35. The van der Waals surface area contributed by atoms with Gasteiger partial charge >= 0.3 is 6.02 Å². The molecule has 0 atom stereocenters. The molecule has 0 aromatic heterocycles. The zero-order chi connectivity index (χ0) is 18.6. The van der Waals surface area contributed by atoms with E-state index in [0.717, 1.165) is 5.56 Å². The van der Waals surface area contributed by atoms with E-state index in [4.69, 9.17) is 16.3 Å². The zero-order valence-electron chi connectivity index (χ0n) is 14.2. The maximum absolute atomic E-state index is 13.0. The Morgan fingerprint density at radius 1 is 0.852 bits per heavy atom. The number of amidine groups is 1. The number of anilines is 1. The number of benzene rings is 3. The molecule has 4 rings (SSSR count). The fourth-order valence-electron chi connectivity index (χ4n) is 2.68. The van der Waals surface area contributed by atoms with Crippen LogP contribution in [0, 0.1) is 0 Å². The number of hydrogen-bond acceptors (Lipinski definition) is 3. The van der Waals surface area contributed by atoms with Gasteiger partial charge in [0.1, 0.15) is 11.4 Å². The molecule has 0 aliphatic carbocycles. The SMILES string of the molecule is O=C1/C(=C/c2ccccc2)N=C(Oc2ccc(Cl)cc2)N1c1ccccc1. The van der Waals surface area contributed by atoms with Gasteiger partial charge < -0.3 is 4.74 Å². The number of rotatable bonds is 3. The third-order valence-electron chi connectivity index (χ3n) is 3.97. The molecule has 4 nitrogen and oxygen atoms in total. The molecule has 1 amide bonds. The van der Waals surface area contributed by atoms with Crippen molar-refractivity contribution in [3.8, 4) is 5.75 Å². The van der Waals surface area contributed by atoms with Gasteiger partial charge in [0, 0.05) is 5.02 Å². The molecule has 1 aliphatic heterocycles. The van der Waals surface area contributed by atoms with Crippen molar-refractivity contribution in [3.05, 3.63) is 101 Å². The molecule has 0 fully saturated rings. The molecule has 1 aliphatic rings. The van der Waals surface area contributed by atoms with Crippen molar-refractivity contribution >= 4 is 35.3 Å². The lowest BCUT2D eigenvalue weighted by atomic mass is 10.2. The monoisotopic (exact) mass is 374 g/mol.